The lowest BCUT2D eigenvalue weighted by atomic mass is 10.1. The van der Waals surface area contributed by atoms with E-state index in [1.54, 1.807) is 0 Å². The van der Waals surface area contributed by atoms with Gasteiger partial charge in [0.2, 0.25) is 10.0 Å². The molecular weight excluding hydrogens is 270 g/mol. The molecule has 0 saturated carbocycles. The van der Waals surface area contributed by atoms with Crippen molar-refractivity contribution in [3.05, 3.63) is 0 Å². The van der Waals surface area contributed by atoms with Gasteiger partial charge in [-0.2, -0.15) is 4.31 Å². The number of nitrogens with zero attached hydrogens (tertiary/aromatic N) is 1. The molecule has 1 aliphatic rings. The third kappa shape index (κ3) is 6.13. The summed E-state index contributed by atoms with van der Waals surface area (Å²) in [5, 5.41) is 0. The summed E-state index contributed by atoms with van der Waals surface area (Å²) in [6.07, 6.45) is 12.4. The molecule has 1 fully saturated rings. The number of sulfonamides is 1. The summed E-state index contributed by atoms with van der Waals surface area (Å²) in [5.74, 6) is 0.354. The molecule has 0 N–H and O–H groups in total. The van der Waals surface area contributed by atoms with Crippen LogP contribution in [0.15, 0.2) is 0 Å². The van der Waals surface area contributed by atoms with E-state index < -0.39 is 10.0 Å². The van der Waals surface area contributed by atoms with Crippen molar-refractivity contribution in [2.75, 3.05) is 12.3 Å². The summed E-state index contributed by atoms with van der Waals surface area (Å²) in [6, 6.07) is 0.295. The van der Waals surface area contributed by atoms with Crippen molar-refractivity contribution in [3.8, 4) is 0 Å². The van der Waals surface area contributed by atoms with Crippen molar-refractivity contribution in [2.45, 2.75) is 90.5 Å². The normalized spacial score (nSPS) is 20.6. The lowest BCUT2D eigenvalue weighted by molar-refractivity contribution is 0.359. The third-order valence-electron chi connectivity index (χ3n) is 4.33. The first-order valence-electron chi connectivity index (χ1n) is 8.61. The smallest absolute Gasteiger partial charge is 0.212 e. The fourth-order valence-electron chi connectivity index (χ4n) is 3.10. The molecule has 1 unspecified atom stereocenters. The highest BCUT2D eigenvalue weighted by atomic mass is 32.2. The van der Waals surface area contributed by atoms with E-state index in [-0.39, 0.29) is 0 Å². The number of hydrogen-bond acceptors (Lipinski definition) is 2. The second kappa shape index (κ2) is 9.78. The fourth-order valence-corrected chi connectivity index (χ4v) is 4.97. The zero-order chi connectivity index (χ0) is 14.8. The minimum Gasteiger partial charge on any atom is -0.212 e. The van der Waals surface area contributed by atoms with Gasteiger partial charge in [-0.25, -0.2) is 8.42 Å². The van der Waals surface area contributed by atoms with Gasteiger partial charge in [0, 0.05) is 12.6 Å². The number of rotatable bonds is 11. The average Bonchev–Trinajstić information content (AvgIpc) is 2.88. The number of hydrogen-bond donors (Lipinski definition) is 0. The Kier molecular flexibility index (Phi) is 8.78. The van der Waals surface area contributed by atoms with E-state index in [0.29, 0.717) is 11.8 Å². The van der Waals surface area contributed by atoms with Gasteiger partial charge in [-0.3, -0.25) is 0 Å². The van der Waals surface area contributed by atoms with Gasteiger partial charge in [0.25, 0.3) is 0 Å². The molecular formula is C16H33NO2S. The Hall–Kier alpha value is -0.0900. The van der Waals surface area contributed by atoms with Crippen molar-refractivity contribution in [3.63, 3.8) is 0 Å². The molecule has 1 aliphatic heterocycles. The highest BCUT2D eigenvalue weighted by Crippen LogP contribution is 2.26. The zero-order valence-electron chi connectivity index (χ0n) is 13.4. The van der Waals surface area contributed by atoms with Crippen LogP contribution in [-0.4, -0.2) is 31.1 Å². The lowest BCUT2D eigenvalue weighted by Crippen LogP contribution is -2.37. The minimum atomic E-state index is -3.00. The van der Waals surface area contributed by atoms with Crippen LogP contribution < -0.4 is 0 Å². The summed E-state index contributed by atoms with van der Waals surface area (Å²) in [7, 11) is -3.00. The van der Waals surface area contributed by atoms with Crippen LogP contribution in [-0.2, 0) is 10.0 Å². The monoisotopic (exact) mass is 303 g/mol. The summed E-state index contributed by atoms with van der Waals surface area (Å²) in [5.41, 5.74) is 0. The van der Waals surface area contributed by atoms with E-state index in [2.05, 4.69) is 13.8 Å². The molecule has 20 heavy (non-hydrogen) atoms. The Morgan fingerprint density at radius 2 is 1.60 bits per heavy atom. The molecule has 0 amide bonds. The Bertz CT molecular complexity index is 340. The second-order valence-electron chi connectivity index (χ2n) is 6.13. The molecule has 4 heteroatoms. The first-order chi connectivity index (χ1) is 9.61. The van der Waals surface area contributed by atoms with Crippen LogP contribution in [0.2, 0.25) is 0 Å². The van der Waals surface area contributed by atoms with Gasteiger partial charge in [0.15, 0.2) is 0 Å². The SMILES string of the molecule is CCCCCCCC1CCCN1S(=O)(=O)CCCCC. The van der Waals surface area contributed by atoms with Gasteiger partial charge in [0.05, 0.1) is 5.75 Å². The molecule has 3 nitrogen and oxygen atoms in total. The maximum atomic E-state index is 12.4. The molecule has 0 aliphatic carbocycles. The maximum Gasteiger partial charge on any atom is 0.214 e. The molecule has 0 bridgehead atoms. The highest BCUT2D eigenvalue weighted by Gasteiger charge is 2.32. The van der Waals surface area contributed by atoms with Gasteiger partial charge >= 0.3 is 0 Å². The third-order valence-corrected chi connectivity index (χ3v) is 6.33. The van der Waals surface area contributed by atoms with Crippen LogP contribution >= 0.6 is 0 Å². The van der Waals surface area contributed by atoms with Crippen molar-refractivity contribution in [2.24, 2.45) is 0 Å². The Morgan fingerprint density at radius 1 is 0.950 bits per heavy atom. The van der Waals surface area contributed by atoms with Crippen LogP contribution in [0.25, 0.3) is 0 Å². The second-order valence-corrected chi connectivity index (χ2v) is 8.17. The van der Waals surface area contributed by atoms with E-state index in [1.807, 2.05) is 4.31 Å². The van der Waals surface area contributed by atoms with Gasteiger partial charge in [0.1, 0.15) is 0 Å². The quantitative estimate of drug-likeness (QED) is 0.533. The van der Waals surface area contributed by atoms with Gasteiger partial charge in [-0.05, 0) is 25.7 Å². The van der Waals surface area contributed by atoms with Crippen molar-refractivity contribution < 1.29 is 8.42 Å². The van der Waals surface area contributed by atoms with Crippen LogP contribution in [0.1, 0.15) is 84.5 Å². The molecule has 0 spiro atoms. The van der Waals surface area contributed by atoms with Gasteiger partial charge < -0.3 is 0 Å². The average molecular weight is 304 g/mol. The van der Waals surface area contributed by atoms with Gasteiger partial charge in [-0.1, -0.05) is 58.8 Å². The maximum absolute atomic E-state index is 12.4. The van der Waals surface area contributed by atoms with Crippen LogP contribution in [0.3, 0.4) is 0 Å². The van der Waals surface area contributed by atoms with Crippen LogP contribution in [0, 0.1) is 0 Å². The van der Waals surface area contributed by atoms with E-state index in [0.717, 1.165) is 45.1 Å². The van der Waals surface area contributed by atoms with Crippen LogP contribution in [0.4, 0.5) is 0 Å². The standard InChI is InChI=1S/C16H33NO2S/c1-3-5-7-8-9-12-16-13-11-14-17(16)20(18,19)15-10-6-4-2/h16H,3-15H2,1-2H3. The van der Waals surface area contributed by atoms with Crippen LogP contribution in [0.5, 0.6) is 0 Å². The Morgan fingerprint density at radius 3 is 2.30 bits per heavy atom. The molecule has 1 saturated heterocycles. The first kappa shape index (κ1) is 18.0. The fraction of sp³-hybridized carbons (Fsp3) is 1.00. The van der Waals surface area contributed by atoms with Crippen molar-refractivity contribution >= 4 is 10.0 Å². The van der Waals surface area contributed by atoms with E-state index >= 15 is 0 Å². The molecule has 0 aromatic rings. The summed E-state index contributed by atoms with van der Waals surface area (Å²) < 4.78 is 26.6. The summed E-state index contributed by atoms with van der Waals surface area (Å²) in [6.45, 7) is 5.09. The predicted octanol–water partition coefficient (Wildman–Crippen LogP) is 4.33. The minimum absolute atomic E-state index is 0.295. The highest BCUT2D eigenvalue weighted by molar-refractivity contribution is 7.89. The molecule has 1 atom stereocenters. The first-order valence-corrected chi connectivity index (χ1v) is 10.2. The van der Waals surface area contributed by atoms with Gasteiger partial charge in [-0.15, -0.1) is 0 Å². The van der Waals surface area contributed by atoms with E-state index in [4.69, 9.17) is 0 Å². The molecule has 0 aromatic heterocycles. The summed E-state index contributed by atoms with van der Waals surface area (Å²) >= 11 is 0. The topological polar surface area (TPSA) is 37.4 Å². The molecule has 0 radical (unpaired) electrons. The lowest BCUT2D eigenvalue weighted by Gasteiger charge is -2.24. The van der Waals surface area contributed by atoms with E-state index in [9.17, 15) is 8.42 Å². The predicted molar refractivity (Wildman–Crippen MR) is 86.4 cm³/mol. The zero-order valence-corrected chi connectivity index (χ0v) is 14.3. The molecule has 1 rings (SSSR count). The molecule has 120 valence electrons. The molecule has 0 aromatic carbocycles. The molecule has 1 heterocycles. The number of unbranched alkanes of at least 4 members (excludes halogenated alkanes) is 6. The Labute approximate surface area is 126 Å². The van der Waals surface area contributed by atoms with E-state index in [1.165, 1.54) is 32.1 Å². The van der Waals surface area contributed by atoms with Crippen molar-refractivity contribution in [1.82, 2.24) is 4.31 Å². The summed E-state index contributed by atoms with van der Waals surface area (Å²) in [4.78, 5) is 0. The largest absolute Gasteiger partial charge is 0.214 e. The van der Waals surface area contributed by atoms with Crippen molar-refractivity contribution in [1.29, 1.82) is 0 Å². The Balaban J connectivity index is 2.35.